The summed E-state index contributed by atoms with van der Waals surface area (Å²) in [7, 11) is 0. The highest BCUT2D eigenvalue weighted by Crippen LogP contribution is 2.18. The summed E-state index contributed by atoms with van der Waals surface area (Å²) in [4.78, 5) is 30.2. The van der Waals surface area contributed by atoms with E-state index in [2.05, 4.69) is 4.90 Å². The second kappa shape index (κ2) is 7.45. The van der Waals surface area contributed by atoms with Crippen molar-refractivity contribution in [1.29, 1.82) is 0 Å². The second-order valence-electron chi connectivity index (χ2n) is 6.88. The molecule has 1 saturated heterocycles. The van der Waals surface area contributed by atoms with Crippen molar-refractivity contribution in [2.75, 3.05) is 32.7 Å². The molecule has 6 heteroatoms. The van der Waals surface area contributed by atoms with Gasteiger partial charge < -0.3 is 9.64 Å². The van der Waals surface area contributed by atoms with E-state index in [0.717, 1.165) is 22.8 Å². The van der Waals surface area contributed by atoms with Crippen LogP contribution in [0.15, 0.2) is 12.1 Å². The predicted molar refractivity (Wildman–Crippen MR) is 91.9 cm³/mol. The Balaban J connectivity index is 1.74. The number of piperazine rings is 1. The van der Waals surface area contributed by atoms with Gasteiger partial charge in [0.1, 0.15) is 5.60 Å². The third-order valence-corrected chi connectivity index (χ3v) is 4.65. The van der Waals surface area contributed by atoms with E-state index < -0.39 is 5.60 Å². The van der Waals surface area contributed by atoms with Crippen molar-refractivity contribution in [3.63, 3.8) is 0 Å². The fraction of sp³-hybridized carbons (Fsp3) is 0.647. The molecule has 1 fully saturated rings. The molecule has 0 aliphatic carbocycles. The van der Waals surface area contributed by atoms with Crippen LogP contribution in [0.3, 0.4) is 0 Å². The van der Waals surface area contributed by atoms with Crippen LogP contribution < -0.4 is 0 Å². The number of nitrogens with zero attached hydrogens (tertiary/aromatic N) is 2. The van der Waals surface area contributed by atoms with Gasteiger partial charge in [0.25, 0.3) is 5.91 Å². The topological polar surface area (TPSA) is 49.9 Å². The maximum absolute atomic E-state index is 12.4. The summed E-state index contributed by atoms with van der Waals surface area (Å²) in [5.74, 6) is -0.0417. The molecular weight excluding hydrogens is 312 g/mol. The summed E-state index contributed by atoms with van der Waals surface area (Å²) >= 11 is 1.54. The van der Waals surface area contributed by atoms with Gasteiger partial charge in [0.2, 0.25) is 0 Å². The molecule has 0 saturated carbocycles. The zero-order chi connectivity index (χ0) is 17.0. The number of hydrogen-bond donors (Lipinski definition) is 0. The molecule has 0 bridgehead atoms. The van der Waals surface area contributed by atoms with E-state index in [9.17, 15) is 9.59 Å². The standard InChI is InChI=1S/C17H26N2O3S/c1-13-5-6-14(23-13)16(21)19-11-9-18(10-12-19)8-7-15(20)22-17(2,3)4/h5-6H,7-12H2,1-4H3. The number of esters is 1. The Hall–Kier alpha value is -1.40. The Morgan fingerprint density at radius 1 is 1.17 bits per heavy atom. The highest BCUT2D eigenvalue weighted by Gasteiger charge is 2.24. The average molecular weight is 338 g/mol. The molecule has 23 heavy (non-hydrogen) atoms. The first kappa shape index (κ1) is 17.9. The molecule has 0 unspecified atom stereocenters. The van der Waals surface area contributed by atoms with Gasteiger partial charge in [0.15, 0.2) is 0 Å². The summed E-state index contributed by atoms with van der Waals surface area (Å²) in [6.07, 6.45) is 0.398. The number of rotatable bonds is 4. The summed E-state index contributed by atoms with van der Waals surface area (Å²) in [5, 5.41) is 0. The summed E-state index contributed by atoms with van der Waals surface area (Å²) in [6, 6.07) is 3.88. The lowest BCUT2D eigenvalue weighted by Crippen LogP contribution is -2.49. The van der Waals surface area contributed by atoms with Crippen LogP contribution in [-0.4, -0.2) is 60.0 Å². The number of carbonyl (C=O) groups is 2. The van der Waals surface area contributed by atoms with Crippen LogP contribution in [0.2, 0.25) is 0 Å². The molecule has 0 spiro atoms. The number of hydrogen-bond acceptors (Lipinski definition) is 5. The molecule has 2 heterocycles. The van der Waals surface area contributed by atoms with Crippen LogP contribution in [0.5, 0.6) is 0 Å². The van der Waals surface area contributed by atoms with Crippen LogP contribution in [0.25, 0.3) is 0 Å². The summed E-state index contributed by atoms with van der Waals surface area (Å²) in [6.45, 7) is 11.4. The number of ether oxygens (including phenoxy) is 1. The summed E-state index contributed by atoms with van der Waals surface area (Å²) < 4.78 is 5.32. The number of thiophene rings is 1. The zero-order valence-corrected chi connectivity index (χ0v) is 15.2. The normalized spacial score (nSPS) is 16.4. The molecular formula is C17H26N2O3S. The molecule has 1 aromatic rings. The number of carbonyl (C=O) groups excluding carboxylic acids is 2. The first-order valence-electron chi connectivity index (χ1n) is 8.04. The third-order valence-electron chi connectivity index (χ3n) is 3.66. The Morgan fingerprint density at radius 3 is 2.35 bits per heavy atom. The Labute approximate surface area is 142 Å². The molecule has 5 nitrogen and oxygen atoms in total. The molecule has 0 N–H and O–H groups in total. The largest absolute Gasteiger partial charge is 0.460 e. The average Bonchev–Trinajstić information content (AvgIpc) is 2.90. The van der Waals surface area contributed by atoms with Crippen molar-refractivity contribution >= 4 is 23.2 Å². The predicted octanol–water partition coefficient (Wildman–Crippen LogP) is 2.55. The molecule has 1 aromatic heterocycles. The van der Waals surface area contributed by atoms with Gasteiger partial charge in [-0.1, -0.05) is 0 Å². The smallest absolute Gasteiger partial charge is 0.307 e. The van der Waals surface area contributed by atoms with Crippen molar-refractivity contribution in [1.82, 2.24) is 9.80 Å². The highest BCUT2D eigenvalue weighted by atomic mass is 32.1. The number of amides is 1. The van der Waals surface area contributed by atoms with Crippen LogP contribution in [-0.2, 0) is 9.53 Å². The van der Waals surface area contributed by atoms with Crippen LogP contribution in [0, 0.1) is 6.92 Å². The molecule has 1 amide bonds. The Bertz CT molecular complexity index is 554. The van der Waals surface area contributed by atoms with Gasteiger partial charge in [-0.05, 0) is 39.8 Å². The lowest BCUT2D eigenvalue weighted by atomic mass is 10.2. The first-order valence-corrected chi connectivity index (χ1v) is 8.86. The van der Waals surface area contributed by atoms with E-state index in [1.165, 1.54) is 0 Å². The van der Waals surface area contributed by atoms with Gasteiger partial charge in [-0.15, -0.1) is 11.3 Å². The molecule has 128 valence electrons. The molecule has 0 atom stereocenters. The minimum Gasteiger partial charge on any atom is -0.460 e. The molecule has 2 rings (SSSR count). The first-order chi connectivity index (χ1) is 10.7. The fourth-order valence-electron chi connectivity index (χ4n) is 2.52. The van der Waals surface area contributed by atoms with Gasteiger partial charge in [0.05, 0.1) is 11.3 Å². The van der Waals surface area contributed by atoms with Crippen molar-refractivity contribution in [3.05, 3.63) is 21.9 Å². The van der Waals surface area contributed by atoms with Gasteiger partial charge in [-0.3, -0.25) is 14.5 Å². The number of aryl methyl sites for hydroxylation is 1. The minimum atomic E-state index is -0.430. The van der Waals surface area contributed by atoms with Crippen LogP contribution in [0.1, 0.15) is 41.7 Å². The van der Waals surface area contributed by atoms with E-state index in [0.29, 0.717) is 26.1 Å². The molecule has 1 aliphatic heterocycles. The van der Waals surface area contributed by atoms with Crippen molar-refractivity contribution in [2.45, 2.75) is 39.7 Å². The zero-order valence-electron chi connectivity index (χ0n) is 14.4. The second-order valence-corrected chi connectivity index (χ2v) is 8.17. The molecule has 0 radical (unpaired) electrons. The van der Waals surface area contributed by atoms with Crippen molar-refractivity contribution in [3.8, 4) is 0 Å². The van der Waals surface area contributed by atoms with Gasteiger partial charge in [-0.25, -0.2) is 0 Å². The minimum absolute atomic E-state index is 0.120. The Kier molecular flexibility index (Phi) is 5.81. The van der Waals surface area contributed by atoms with E-state index in [-0.39, 0.29) is 11.9 Å². The van der Waals surface area contributed by atoms with E-state index in [1.807, 2.05) is 44.7 Å². The van der Waals surface area contributed by atoms with Crippen LogP contribution in [0.4, 0.5) is 0 Å². The van der Waals surface area contributed by atoms with E-state index in [1.54, 1.807) is 11.3 Å². The fourth-order valence-corrected chi connectivity index (χ4v) is 3.36. The van der Waals surface area contributed by atoms with Gasteiger partial charge in [-0.2, -0.15) is 0 Å². The lowest BCUT2D eigenvalue weighted by molar-refractivity contribution is -0.155. The quantitative estimate of drug-likeness (QED) is 0.792. The van der Waals surface area contributed by atoms with Crippen molar-refractivity contribution in [2.24, 2.45) is 0 Å². The monoisotopic (exact) mass is 338 g/mol. The SMILES string of the molecule is Cc1ccc(C(=O)N2CCN(CCC(=O)OC(C)(C)C)CC2)s1. The highest BCUT2D eigenvalue weighted by molar-refractivity contribution is 7.13. The maximum Gasteiger partial charge on any atom is 0.307 e. The molecule has 0 aromatic carbocycles. The summed E-state index contributed by atoms with van der Waals surface area (Å²) in [5.41, 5.74) is -0.430. The van der Waals surface area contributed by atoms with Crippen molar-refractivity contribution < 1.29 is 14.3 Å². The van der Waals surface area contributed by atoms with Crippen LogP contribution >= 0.6 is 11.3 Å². The van der Waals surface area contributed by atoms with Gasteiger partial charge in [0, 0.05) is 37.6 Å². The molecule has 1 aliphatic rings. The Morgan fingerprint density at radius 2 is 1.83 bits per heavy atom. The lowest BCUT2D eigenvalue weighted by Gasteiger charge is -2.34. The van der Waals surface area contributed by atoms with E-state index in [4.69, 9.17) is 4.74 Å². The third kappa shape index (κ3) is 5.62. The van der Waals surface area contributed by atoms with Gasteiger partial charge >= 0.3 is 5.97 Å². The van der Waals surface area contributed by atoms with E-state index >= 15 is 0 Å². The maximum atomic E-state index is 12.4.